The Kier molecular flexibility index (Phi) is 5.98. The molecule has 1 aliphatic heterocycles. The maximum atomic E-state index is 12.2. The largest absolute Gasteiger partial charge is 0.365 e. The molecule has 1 saturated heterocycles. The normalized spacial score (nSPS) is 19.7. The van der Waals surface area contributed by atoms with E-state index in [4.69, 9.17) is 11.6 Å². The minimum Gasteiger partial charge on any atom is -0.365 e. The van der Waals surface area contributed by atoms with E-state index in [1.165, 1.54) is 38.6 Å². The molecule has 2 aliphatic rings. The van der Waals surface area contributed by atoms with Crippen molar-refractivity contribution in [1.82, 2.24) is 4.90 Å². The van der Waals surface area contributed by atoms with Gasteiger partial charge in [0.25, 0.3) is 0 Å². The van der Waals surface area contributed by atoms with Gasteiger partial charge in [-0.25, -0.2) is 0 Å². The van der Waals surface area contributed by atoms with Crippen molar-refractivity contribution in [3.8, 4) is 0 Å². The van der Waals surface area contributed by atoms with Crippen LogP contribution in [0.15, 0.2) is 33.9 Å². The van der Waals surface area contributed by atoms with E-state index < -0.39 is 0 Å². The molecule has 1 heterocycles. The fraction of sp³-hybridized carbons (Fsp3) is 0.478. The van der Waals surface area contributed by atoms with Crippen LogP contribution in [0.5, 0.6) is 0 Å². The summed E-state index contributed by atoms with van der Waals surface area (Å²) in [5.74, 6) is 0.834. The third kappa shape index (κ3) is 4.08. The first kappa shape index (κ1) is 19.4. The van der Waals surface area contributed by atoms with Gasteiger partial charge in [0.2, 0.25) is 10.9 Å². The summed E-state index contributed by atoms with van der Waals surface area (Å²) in [5, 5.41) is 0.635. The molecule has 28 heavy (non-hydrogen) atoms. The molecule has 0 bridgehead atoms. The van der Waals surface area contributed by atoms with Crippen LogP contribution in [0.2, 0.25) is 5.02 Å². The molecule has 4 nitrogen and oxygen atoms in total. The Labute approximate surface area is 171 Å². The predicted molar refractivity (Wildman–Crippen MR) is 117 cm³/mol. The molecule has 0 atom stereocenters. The number of benzene rings is 1. The Hall–Kier alpha value is -1.91. The van der Waals surface area contributed by atoms with E-state index in [2.05, 4.69) is 9.80 Å². The van der Waals surface area contributed by atoms with Crippen molar-refractivity contribution in [2.45, 2.75) is 32.1 Å². The third-order valence-electron chi connectivity index (χ3n) is 6.19. The maximum Gasteiger partial charge on any atom is 0.250 e. The van der Waals surface area contributed by atoms with E-state index in [9.17, 15) is 9.59 Å². The molecule has 0 N–H and O–H groups in total. The molecule has 0 amide bonds. The first-order chi connectivity index (χ1) is 13.6. The molecule has 1 saturated carbocycles. The van der Waals surface area contributed by atoms with Crippen LogP contribution in [-0.2, 0) is 0 Å². The second-order valence-corrected chi connectivity index (χ2v) is 8.47. The van der Waals surface area contributed by atoms with Crippen molar-refractivity contribution < 1.29 is 0 Å². The lowest BCUT2D eigenvalue weighted by Crippen LogP contribution is -2.52. The Morgan fingerprint density at radius 3 is 2.36 bits per heavy atom. The summed E-state index contributed by atoms with van der Waals surface area (Å²) in [6.45, 7) is 4.72. The number of anilines is 1. The van der Waals surface area contributed by atoms with Gasteiger partial charge in [-0.15, -0.1) is 0 Å². The summed E-state index contributed by atoms with van der Waals surface area (Å²) in [7, 11) is 0. The molecular formula is C23H27ClN2O2. The first-order valence-electron chi connectivity index (χ1n) is 10.4. The Morgan fingerprint density at radius 2 is 1.64 bits per heavy atom. The topological polar surface area (TPSA) is 40.6 Å². The fourth-order valence-electron chi connectivity index (χ4n) is 4.54. The Bertz CT molecular complexity index is 915. The number of rotatable bonds is 5. The monoisotopic (exact) mass is 398 g/mol. The molecule has 5 heteroatoms. The predicted octanol–water partition coefficient (Wildman–Crippen LogP) is 3.81. The van der Waals surface area contributed by atoms with Gasteiger partial charge in [0.1, 0.15) is 5.69 Å². The Morgan fingerprint density at radius 1 is 0.929 bits per heavy atom. The molecular weight excluding hydrogens is 372 g/mol. The highest BCUT2D eigenvalue weighted by atomic mass is 35.5. The summed E-state index contributed by atoms with van der Waals surface area (Å²) in [4.78, 5) is 29.0. The van der Waals surface area contributed by atoms with Gasteiger partial charge < -0.3 is 4.90 Å². The van der Waals surface area contributed by atoms with Gasteiger partial charge in [-0.3, -0.25) is 14.5 Å². The first-order valence-corrected chi connectivity index (χ1v) is 10.7. The minimum atomic E-state index is -0.386. The van der Waals surface area contributed by atoms with Crippen LogP contribution < -0.4 is 15.8 Å². The zero-order valence-electron chi connectivity index (χ0n) is 16.2. The Balaban J connectivity index is 1.40. The lowest BCUT2D eigenvalue weighted by molar-refractivity contribution is 0.192. The number of piperazine rings is 1. The highest BCUT2D eigenvalue weighted by Gasteiger charge is 2.28. The van der Waals surface area contributed by atoms with Crippen LogP contribution in [0.1, 0.15) is 43.2 Å². The minimum absolute atomic E-state index is 0.348. The van der Waals surface area contributed by atoms with Crippen molar-refractivity contribution in [2.75, 3.05) is 37.6 Å². The fourth-order valence-corrected chi connectivity index (χ4v) is 4.74. The molecule has 148 valence electrons. The van der Waals surface area contributed by atoms with Crippen molar-refractivity contribution >= 4 is 29.4 Å². The van der Waals surface area contributed by atoms with E-state index in [-0.39, 0.29) is 10.9 Å². The van der Waals surface area contributed by atoms with Crippen LogP contribution in [0.3, 0.4) is 0 Å². The van der Waals surface area contributed by atoms with Crippen molar-refractivity contribution in [2.24, 2.45) is 5.92 Å². The number of nitrogens with zero attached hydrogens (tertiary/aromatic N) is 2. The number of hydrogen-bond donors (Lipinski definition) is 0. The van der Waals surface area contributed by atoms with E-state index in [1.54, 1.807) is 6.08 Å². The van der Waals surface area contributed by atoms with Crippen LogP contribution in [0.4, 0.5) is 5.69 Å². The lowest BCUT2D eigenvalue weighted by atomic mass is 9.89. The highest BCUT2D eigenvalue weighted by Crippen LogP contribution is 2.26. The van der Waals surface area contributed by atoms with Gasteiger partial charge in [0, 0.05) is 37.7 Å². The zero-order valence-corrected chi connectivity index (χ0v) is 17.0. The molecule has 2 aromatic carbocycles. The maximum absolute atomic E-state index is 12.2. The van der Waals surface area contributed by atoms with E-state index in [0.29, 0.717) is 16.3 Å². The van der Waals surface area contributed by atoms with Crippen molar-refractivity contribution in [1.29, 1.82) is 0 Å². The number of hydrogen-bond acceptors (Lipinski definition) is 4. The van der Waals surface area contributed by atoms with Gasteiger partial charge in [0.05, 0.1) is 5.56 Å². The van der Waals surface area contributed by atoms with Gasteiger partial charge in [-0.1, -0.05) is 55.1 Å². The zero-order chi connectivity index (χ0) is 19.5. The van der Waals surface area contributed by atoms with Gasteiger partial charge >= 0.3 is 0 Å². The molecule has 0 unspecified atom stereocenters. The molecule has 1 aliphatic carbocycles. The lowest BCUT2D eigenvalue weighted by Gasteiger charge is -2.38. The molecule has 4 rings (SSSR count). The van der Waals surface area contributed by atoms with Crippen molar-refractivity contribution in [3.63, 3.8) is 0 Å². The molecule has 0 radical (unpaired) electrons. The summed E-state index contributed by atoms with van der Waals surface area (Å²) in [6.07, 6.45) is 10.4. The molecule has 0 spiro atoms. The van der Waals surface area contributed by atoms with E-state index in [1.807, 2.05) is 30.3 Å². The standard InChI is InChI=1S/C23H27ClN2O2/c24-20-9-5-4-8-18(20)10-11-19-21(23(28)22(19)27)26-14-12-25(13-15-26)16-17-6-2-1-3-7-17/h4-5,8-11,17H,1-3,6-7,12-16H2/b11-10+. The second kappa shape index (κ2) is 8.62. The van der Waals surface area contributed by atoms with Crippen molar-refractivity contribution in [3.05, 3.63) is 60.9 Å². The highest BCUT2D eigenvalue weighted by molar-refractivity contribution is 6.32. The van der Waals surface area contributed by atoms with E-state index in [0.717, 1.165) is 37.7 Å². The quantitative estimate of drug-likeness (QED) is 0.718. The summed E-state index contributed by atoms with van der Waals surface area (Å²) < 4.78 is 0. The molecule has 2 aromatic rings. The van der Waals surface area contributed by atoms with Gasteiger partial charge in [0.15, 0.2) is 0 Å². The number of halogens is 1. The average Bonchev–Trinajstić information content (AvgIpc) is 2.73. The smallest absolute Gasteiger partial charge is 0.250 e. The molecule has 0 aromatic heterocycles. The van der Waals surface area contributed by atoms with Gasteiger partial charge in [-0.2, -0.15) is 0 Å². The van der Waals surface area contributed by atoms with Crippen LogP contribution in [0.25, 0.3) is 12.2 Å². The molecule has 2 fully saturated rings. The second-order valence-electron chi connectivity index (χ2n) is 8.07. The summed E-state index contributed by atoms with van der Waals surface area (Å²) >= 11 is 6.18. The summed E-state index contributed by atoms with van der Waals surface area (Å²) in [5.41, 5.74) is 1.22. The third-order valence-corrected chi connectivity index (χ3v) is 6.53. The summed E-state index contributed by atoms with van der Waals surface area (Å²) in [6, 6.07) is 7.49. The average molecular weight is 399 g/mol. The van der Waals surface area contributed by atoms with Crippen LogP contribution >= 0.6 is 11.6 Å². The van der Waals surface area contributed by atoms with Gasteiger partial charge in [-0.05, 0) is 36.5 Å². The van der Waals surface area contributed by atoms with Crippen LogP contribution in [-0.4, -0.2) is 37.6 Å². The van der Waals surface area contributed by atoms with Crippen LogP contribution in [0, 0.1) is 5.92 Å². The van der Waals surface area contributed by atoms with E-state index >= 15 is 0 Å². The SMILES string of the molecule is O=c1c(/C=C/c2ccccc2Cl)c(N2CCN(CC3CCCCC3)CC2)c1=O.